The molecule has 1 aromatic heterocycles. The summed E-state index contributed by atoms with van der Waals surface area (Å²) in [6.45, 7) is 0. The molecule has 0 amide bonds. The molecule has 3 aromatic rings. The van der Waals surface area contributed by atoms with Crippen molar-refractivity contribution in [1.82, 2.24) is 9.55 Å². The molecule has 0 aliphatic heterocycles. The van der Waals surface area contributed by atoms with Crippen LogP contribution in [0.3, 0.4) is 0 Å². The molecule has 0 saturated carbocycles. The number of Topliss-reactive ketones (excluding diaryl/α,β-unsaturated/α-hetero) is 2. The molecule has 0 fully saturated rings. The number of hydrogen-bond donors (Lipinski definition) is 0. The van der Waals surface area contributed by atoms with Gasteiger partial charge < -0.3 is 4.57 Å². The third kappa shape index (κ3) is 4.10. The number of nitrogens with zero attached hydrogens (tertiary/aromatic N) is 2. The average molecular weight is 332 g/mol. The molecule has 3 rings (SSSR count). The van der Waals surface area contributed by atoms with E-state index >= 15 is 0 Å². The Morgan fingerprint density at radius 3 is 2.12 bits per heavy atom. The molecule has 0 aliphatic carbocycles. The monoisotopic (exact) mass is 332 g/mol. The molecule has 1 heterocycles. The normalized spacial score (nSPS) is 11.9. The number of rotatable bonds is 7. The molecule has 126 valence electrons. The highest BCUT2D eigenvalue weighted by Crippen LogP contribution is 2.26. The molecule has 25 heavy (non-hydrogen) atoms. The maximum atomic E-state index is 12.6. The molecule has 0 spiro atoms. The van der Waals surface area contributed by atoms with E-state index < -0.39 is 0 Å². The van der Waals surface area contributed by atoms with Crippen LogP contribution in [0.15, 0.2) is 73.1 Å². The number of benzene rings is 2. The van der Waals surface area contributed by atoms with E-state index in [-0.39, 0.29) is 23.9 Å². The first-order chi connectivity index (χ1) is 12.1. The lowest BCUT2D eigenvalue weighted by Gasteiger charge is -2.16. The molecule has 0 saturated heterocycles. The van der Waals surface area contributed by atoms with Gasteiger partial charge in [-0.05, 0) is 11.5 Å². The highest BCUT2D eigenvalue weighted by atomic mass is 16.1. The quantitative estimate of drug-likeness (QED) is 0.613. The summed E-state index contributed by atoms with van der Waals surface area (Å²) in [5, 5.41) is 0. The van der Waals surface area contributed by atoms with E-state index in [9.17, 15) is 9.59 Å². The van der Waals surface area contributed by atoms with Gasteiger partial charge in [0, 0.05) is 37.8 Å². The first-order valence-corrected chi connectivity index (χ1v) is 8.29. The molecule has 2 aromatic carbocycles. The number of carbonyl (C=O) groups excluding carboxylic acids is 2. The van der Waals surface area contributed by atoms with Crippen molar-refractivity contribution in [2.75, 3.05) is 0 Å². The molecule has 0 aliphatic rings. The fraction of sp³-hybridized carbons (Fsp3) is 0.190. The Hall–Kier alpha value is -3.01. The number of aryl methyl sites for hydroxylation is 1. The van der Waals surface area contributed by atoms with Crippen LogP contribution in [0.5, 0.6) is 0 Å². The van der Waals surface area contributed by atoms with Gasteiger partial charge in [0.1, 0.15) is 0 Å². The Morgan fingerprint density at radius 2 is 1.52 bits per heavy atom. The Morgan fingerprint density at radius 1 is 0.920 bits per heavy atom. The molecular formula is C21H20N2O2. The van der Waals surface area contributed by atoms with Crippen molar-refractivity contribution < 1.29 is 9.59 Å². The zero-order chi connectivity index (χ0) is 17.6. The summed E-state index contributed by atoms with van der Waals surface area (Å²) < 4.78 is 1.71. The summed E-state index contributed by atoms with van der Waals surface area (Å²) in [6.07, 6.45) is 3.91. The summed E-state index contributed by atoms with van der Waals surface area (Å²) in [4.78, 5) is 29.4. The summed E-state index contributed by atoms with van der Waals surface area (Å²) in [6, 6.07) is 18.9. The number of aromatic nitrogens is 2. The van der Waals surface area contributed by atoms with Crippen LogP contribution in [-0.4, -0.2) is 21.1 Å². The van der Waals surface area contributed by atoms with Crippen LogP contribution in [-0.2, 0) is 7.05 Å². The number of ketones is 2. The van der Waals surface area contributed by atoms with Crippen molar-refractivity contribution in [3.8, 4) is 0 Å². The van der Waals surface area contributed by atoms with Gasteiger partial charge in [-0.15, -0.1) is 0 Å². The standard InChI is InChI=1S/C21H20N2O2/c1-23-13-12-22-21(23)20(25)15-18(16-8-4-2-5-9-16)14-19(24)17-10-6-3-7-11-17/h2-13,18H,14-15H2,1H3/t18-/m1/s1. The molecule has 0 unspecified atom stereocenters. The van der Waals surface area contributed by atoms with Gasteiger partial charge in [0.15, 0.2) is 17.4 Å². The van der Waals surface area contributed by atoms with Gasteiger partial charge in [-0.2, -0.15) is 0 Å². The topological polar surface area (TPSA) is 52.0 Å². The molecule has 0 bridgehead atoms. The van der Waals surface area contributed by atoms with Crippen molar-refractivity contribution in [3.05, 3.63) is 90.0 Å². The van der Waals surface area contributed by atoms with E-state index in [0.717, 1.165) is 5.56 Å². The lowest BCUT2D eigenvalue weighted by atomic mass is 9.87. The minimum absolute atomic E-state index is 0.0436. The maximum Gasteiger partial charge on any atom is 0.198 e. The van der Waals surface area contributed by atoms with E-state index in [1.54, 1.807) is 24.0 Å². The first kappa shape index (κ1) is 16.8. The fourth-order valence-corrected chi connectivity index (χ4v) is 2.95. The summed E-state index contributed by atoms with van der Waals surface area (Å²) in [7, 11) is 1.80. The number of hydrogen-bond acceptors (Lipinski definition) is 3. The molecule has 0 radical (unpaired) electrons. The zero-order valence-electron chi connectivity index (χ0n) is 14.1. The summed E-state index contributed by atoms with van der Waals surface area (Å²) in [5.41, 5.74) is 1.67. The lowest BCUT2D eigenvalue weighted by Crippen LogP contribution is -2.15. The maximum absolute atomic E-state index is 12.6. The highest BCUT2D eigenvalue weighted by molar-refractivity contribution is 5.98. The van der Waals surface area contributed by atoms with Crippen LogP contribution in [0.1, 0.15) is 45.3 Å². The number of imidazole rings is 1. The SMILES string of the molecule is Cn1ccnc1C(=O)C[C@@H](CC(=O)c1ccccc1)c1ccccc1. The van der Waals surface area contributed by atoms with Crippen LogP contribution in [0.25, 0.3) is 0 Å². The Labute approximate surface area is 147 Å². The van der Waals surface area contributed by atoms with Gasteiger partial charge >= 0.3 is 0 Å². The van der Waals surface area contributed by atoms with Crippen LogP contribution in [0.2, 0.25) is 0 Å². The van der Waals surface area contributed by atoms with Gasteiger partial charge in [0.05, 0.1) is 0 Å². The van der Waals surface area contributed by atoms with Gasteiger partial charge in [-0.1, -0.05) is 60.7 Å². The van der Waals surface area contributed by atoms with Crippen molar-refractivity contribution >= 4 is 11.6 Å². The molecule has 0 N–H and O–H groups in total. The molecular weight excluding hydrogens is 312 g/mol. The van der Waals surface area contributed by atoms with E-state index in [1.807, 2.05) is 60.7 Å². The van der Waals surface area contributed by atoms with Crippen molar-refractivity contribution in [2.45, 2.75) is 18.8 Å². The number of carbonyl (C=O) groups is 2. The van der Waals surface area contributed by atoms with Crippen molar-refractivity contribution in [1.29, 1.82) is 0 Å². The highest BCUT2D eigenvalue weighted by Gasteiger charge is 2.22. The third-order valence-corrected chi connectivity index (χ3v) is 4.30. The largest absolute Gasteiger partial charge is 0.332 e. The first-order valence-electron chi connectivity index (χ1n) is 8.29. The molecule has 4 nitrogen and oxygen atoms in total. The Kier molecular flexibility index (Phi) is 5.19. The van der Waals surface area contributed by atoms with E-state index in [1.165, 1.54) is 0 Å². The zero-order valence-corrected chi connectivity index (χ0v) is 14.1. The second-order valence-corrected chi connectivity index (χ2v) is 6.09. The van der Waals surface area contributed by atoms with Gasteiger partial charge in [0.2, 0.25) is 0 Å². The third-order valence-electron chi connectivity index (χ3n) is 4.30. The minimum Gasteiger partial charge on any atom is -0.332 e. The van der Waals surface area contributed by atoms with Crippen molar-refractivity contribution in [3.63, 3.8) is 0 Å². The van der Waals surface area contributed by atoms with Crippen LogP contribution < -0.4 is 0 Å². The minimum atomic E-state index is -0.168. The lowest BCUT2D eigenvalue weighted by molar-refractivity contribution is 0.0937. The average Bonchev–Trinajstić information content (AvgIpc) is 3.08. The van der Waals surface area contributed by atoms with Gasteiger partial charge in [0.25, 0.3) is 0 Å². The van der Waals surface area contributed by atoms with E-state index in [0.29, 0.717) is 17.8 Å². The van der Waals surface area contributed by atoms with Crippen LogP contribution >= 0.6 is 0 Å². The smallest absolute Gasteiger partial charge is 0.198 e. The molecule has 4 heteroatoms. The van der Waals surface area contributed by atoms with Crippen LogP contribution in [0.4, 0.5) is 0 Å². The van der Waals surface area contributed by atoms with Crippen LogP contribution in [0, 0.1) is 0 Å². The van der Waals surface area contributed by atoms with Gasteiger partial charge in [-0.3, -0.25) is 9.59 Å². The van der Waals surface area contributed by atoms with E-state index in [4.69, 9.17) is 0 Å². The predicted octanol–water partition coefficient (Wildman–Crippen LogP) is 4.05. The summed E-state index contributed by atoms with van der Waals surface area (Å²) >= 11 is 0. The predicted molar refractivity (Wildman–Crippen MR) is 96.7 cm³/mol. The van der Waals surface area contributed by atoms with Crippen molar-refractivity contribution in [2.24, 2.45) is 7.05 Å². The summed E-state index contributed by atoms with van der Waals surface area (Å²) in [5.74, 6) is 0.246. The Bertz CT molecular complexity index is 854. The Balaban J connectivity index is 1.82. The van der Waals surface area contributed by atoms with Gasteiger partial charge in [-0.25, -0.2) is 4.98 Å². The second-order valence-electron chi connectivity index (χ2n) is 6.09. The fourth-order valence-electron chi connectivity index (χ4n) is 2.95. The molecule has 1 atom stereocenters. The second kappa shape index (κ2) is 7.71. The van der Waals surface area contributed by atoms with E-state index in [2.05, 4.69) is 4.98 Å².